The second-order valence-electron chi connectivity index (χ2n) is 5.17. The number of aryl methyl sites for hydroxylation is 2. The zero-order chi connectivity index (χ0) is 15.5. The fraction of sp³-hybridized carbons (Fsp3) is 0.400. The molecule has 2 rings (SSSR count). The number of thiophene rings is 1. The highest BCUT2D eigenvalue weighted by atomic mass is 35.5. The van der Waals surface area contributed by atoms with Gasteiger partial charge in [0, 0.05) is 11.3 Å². The molecule has 4 nitrogen and oxygen atoms in total. The van der Waals surface area contributed by atoms with E-state index in [9.17, 15) is 9.90 Å². The third kappa shape index (κ3) is 4.59. The first-order chi connectivity index (χ1) is 9.87. The molecule has 1 amide bonds. The Kier molecular flexibility index (Phi) is 5.08. The smallest absolute Gasteiger partial charge is 0.220 e. The molecule has 0 saturated carbocycles. The van der Waals surface area contributed by atoms with E-state index in [2.05, 4.69) is 5.32 Å². The van der Waals surface area contributed by atoms with Crippen LogP contribution >= 0.6 is 22.9 Å². The van der Waals surface area contributed by atoms with Crippen LogP contribution in [0.5, 0.6) is 0 Å². The van der Waals surface area contributed by atoms with E-state index in [1.807, 2.05) is 19.1 Å². The molecule has 6 heteroatoms. The molecular formula is C15H18ClNO3S. The minimum Gasteiger partial charge on any atom is -0.463 e. The van der Waals surface area contributed by atoms with Gasteiger partial charge in [0.25, 0.3) is 0 Å². The van der Waals surface area contributed by atoms with Crippen LogP contribution in [0.3, 0.4) is 0 Å². The number of carbonyl (C=O) groups excluding carboxylic acids is 1. The number of nitrogens with one attached hydrogen (secondary N) is 1. The Morgan fingerprint density at radius 2 is 2.19 bits per heavy atom. The molecule has 0 aromatic carbocycles. The van der Waals surface area contributed by atoms with E-state index in [0.717, 1.165) is 15.0 Å². The maximum Gasteiger partial charge on any atom is 0.220 e. The van der Waals surface area contributed by atoms with Crippen molar-refractivity contribution in [2.75, 3.05) is 6.54 Å². The number of carbonyl (C=O) groups is 1. The van der Waals surface area contributed by atoms with Crippen LogP contribution in [0, 0.1) is 6.92 Å². The second kappa shape index (κ2) is 6.64. The van der Waals surface area contributed by atoms with Gasteiger partial charge in [-0.25, -0.2) is 0 Å². The van der Waals surface area contributed by atoms with E-state index in [1.54, 1.807) is 19.1 Å². The van der Waals surface area contributed by atoms with Gasteiger partial charge in [-0.1, -0.05) is 11.6 Å². The average Bonchev–Trinajstić information content (AvgIpc) is 3.03. The Balaban J connectivity index is 1.80. The van der Waals surface area contributed by atoms with E-state index >= 15 is 0 Å². The molecule has 0 spiro atoms. The predicted molar refractivity (Wildman–Crippen MR) is 83.7 cm³/mol. The molecule has 114 valence electrons. The van der Waals surface area contributed by atoms with Crippen molar-refractivity contribution in [1.29, 1.82) is 0 Å². The Morgan fingerprint density at radius 3 is 2.76 bits per heavy atom. The maximum absolute atomic E-state index is 11.8. The van der Waals surface area contributed by atoms with E-state index in [0.29, 0.717) is 18.6 Å². The molecule has 0 bridgehead atoms. The standard InChI is InChI=1S/C15H18ClNO3S/c1-10-3-6-12(20-10)15(2,19)9-17-14(18)8-5-11-4-7-13(16)21-11/h3-4,6-7,19H,5,8-9H2,1-2H3,(H,17,18). The van der Waals surface area contributed by atoms with Crippen LogP contribution in [0.15, 0.2) is 28.7 Å². The van der Waals surface area contributed by atoms with Crippen molar-refractivity contribution in [3.63, 3.8) is 0 Å². The lowest BCUT2D eigenvalue weighted by atomic mass is 10.0. The Morgan fingerprint density at radius 1 is 1.43 bits per heavy atom. The summed E-state index contributed by atoms with van der Waals surface area (Å²) in [5.74, 6) is 1.07. The van der Waals surface area contributed by atoms with Gasteiger partial charge in [0.15, 0.2) is 0 Å². The number of amides is 1. The number of aliphatic hydroxyl groups is 1. The summed E-state index contributed by atoms with van der Waals surface area (Å²) in [4.78, 5) is 12.9. The molecule has 0 aliphatic heterocycles. The zero-order valence-corrected chi connectivity index (χ0v) is 13.6. The van der Waals surface area contributed by atoms with Crippen LogP contribution in [0.4, 0.5) is 0 Å². The van der Waals surface area contributed by atoms with Crippen LogP contribution in [-0.4, -0.2) is 17.6 Å². The van der Waals surface area contributed by atoms with Crippen molar-refractivity contribution in [2.24, 2.45) is 0 Å². The fourth-order valence-electron chi connectivity index (χ4n) is 1.89. The minimum atomic E-state index is -1.21. The van der Waals surface area contributed by atoms with Crippen molar-refractivity contribution >= 4 is 28.8 Å². The molecule has 2 N–H and O–H groups in total. The molecule has 0 aliphatic carbocycles. The zero-order valence-electron chi connectivity index (χ0n) is 12.0. The van der Waals surface area contributed by atoms with Gasteiger partial charge in [0.05, 0.1) is 10.9 Å². The van der Waals surface area contributed by atoms with Crippen LogP contribution in [0.2, 0.25) is 4.34 Å². The SMILES string of the molecule is Cc1ccc(C(C)(O)CNC(=O)CCc2ccc(Cl)s2)o1. The molecule has 0 aliphatic rings. The number of rotatable bonds is 6. The molecular weight excluding hydrogens is 310 g/mol. The average molecular weight is 328 g/mol. The van der Waals surface area contributed by atoms with Gasteiger partial charge in [0.1, 0.15) is 17.1 Å². The quantitative estimate of drug-likeness (QED) is 0.856. The predicted octanol–water partition coefficient (Wildman–Crippen LogP) is 3.26. The van der Waals surface area contributed by atoms with Crippen molar-refractivity contribution in [3.8, 4) is 0 Å². The summed E-state index contributed by atoms with van der Waals surface area (Å²) in [5, 5.41) is 13.0. The third-order valence-corrected chi connectivity index (χ3v) is 4.42. The highest BCUT2D eigenvalue weighted by molar-refractivity contribution is 7.16. The molecule has 21 heavy (non-hydrogen) atoms. The van der Waals surface area contributed by atoms with Crippen LogP contribution in [0.1, 0.15) is 29.7 Å². The Labute approximate surface area is 132 Å². The number of furan rings is 1. The van der Waals surface area contributed by atoms with Crippen molar-refractivity contribution in [3.05, 3.63) is 45.0 Å². The normalized spacial score (nSPS) is 13.9. The molecule has 1 atom stereocenters. The molecule has 2 aromatic heterocycles. The van der Waals surface area contributed by atoms with Crippen LogP contribution in [0.25, 0.3) is 0 Å². The molecule has 1 unspecified atom stereocenters. The molecule has 2 aromatic rings. The van der Waals surface area contributed by atoms with Crippen LogP contribution < -0.4 is 5.32 Å². The Bertz CT molecular complexity index is 618. The van der Waals surface area contributed by atoms with E-state index in [1.165, 1.54) is 11.3 Å². The summed E-state index contributed by atoms with van der Waals surface area (Å²) in [6.45, 7) is 3.54. The van der Waals surface area contributed by atoms with E-state index < -0.39 is 5.60 Å². The largest absolute Gasteiger partial charge is 0.463 e. The highest BCUT2D eigenvalue weighted by Crippen LogP contribution is 2.23. The van der Waals surface area contributed by atoms with E-state index in [-0.39, 0.29) is 12.5 Å². The van der Waals surface area contributed by atoms with Crippen molar-refractivity contribution in [1.82, 2.24) is 5.32 Å². The first-order valence-electron chi connectivity index (χ1n) is 6.67. The van der Waals surface area contributed by atoms with Crippen LogP contribution in [-0.2, 0) is 16.8 Å². The van der Waals surface area contributed by atoms with Gasteiger partial charge in [-0.3, -0.25) is 4.79 Å². The lowest BCUT2D eigenvalue weighted by Gasteiger charge is -2.21. The minimum absolute atomic E-state index is 0.108. The lowest BCUT2D eigenvalue weighted by molar-refractivity contribution is -0.122. The third-order valence-electron chi connectivity index (χ3n) is 3.13. The number of hydrogen-bond acceptors (Lipinski definition) is 4. The number of halogens is 1. The van der Waals surface area contributed by atoms with Gasteiger partial charge in [-0.2, -0.15) is 0 Å². The molecule has 0 radical (unpaired) electrons. The van der Waals surface area contributed by atoms with E-state index in [4.69, 9.17) is 16.0 Å². The molecule has 2 heterocycles. The molecule has 0 saturated heterocycles. The van der Waals surface area contributed by atoms with Gasteiger partial charge in [-0.15, -0.1) is 11.3 Å². The second-order valence-corrected chi connectivity index (χ2v) is 6.97. The van der Waals surface area contributed by atoms with Gasteiger partial charge in [-0.05, 0) is 44.5 Å². The fourth-order valence-corrected chi connectivity index (χ4v) is 2.98. The Hall–Kier alpha value is -1.30. The highest BCUT2D eigenvalue weighted by Gasteiger charge is 2.27. The lowest BCUT2D eigenvalue weighted by Crippen LogP contribution is -2.38. The van der Waals surface area contributed by atoms with Crippen molar-refractivity contribution < 1.29 is 14.3 Å². The summed E-state index contributed by atoms with van der Waals surface area (Å²) in [7, 11) is 0. The molecule has 0 fully saturated rings. The summed E-state index contributed by atoms with van der Waals surface area (Å²) in [5.41, 5.74) is -1.21. The first kappa shape index (κ1) is 16.1. The maximum atomic E-state index is 11.8. The van der Waals surface area contributed by atoms with Gasteiger partial charge in [0.2, 0.25) is 5.91 Å². The van der Waals surface area contributed by atoms with Crippen molar-refractivity contribution in [2.45, 2.75) is 32.3 Å². The summed E-state index contributed by atoms with van der Waals surface area (Å²) >= 11 is 7.32. The summed E-state index contributed by atoms with van der Waals surface area (Å²) in [6, 6.07) is 7.24. The topological polar surface area (TPSA) is 62.5 Å². The first-order valence-corrected chi connectivity index (χ1v) is 7.86. The summed E-state index contributed by atoms with van der Waals surface area (Å²) in [6.07, 6.45) is 1.01. The monoisotopic (exact) mass is 327 g/mol. The van der Waals surface area contributed by atoms with Gasteiger partial charge < -0.3 is 14.8 Å². The number of hydrogen-bond donors (Lipinski definition) is 2. The summed E-state index contributed by atoms with van der Waals surface area (Å²) < 4.78 is 6.12. The van der Waals surface area contributed by atoms with Gasteiger partial charge >= 0.3 is 0 Å².